The molecule has 0 aromatic heterocycles. The average Bonchev–Trinajstić information content (AvgIpc) is 2.82. The predicted molar refractivity (Wildman–Crippen MR) is 137 cm³/mol. The molecule has 0 saturated heterocycles. The third-order valence-corrected chi connectivity index (χ3v) is 6.17. The van der Waals surface area contributed by atoms with Gasteiger partial charge in [-0.3, -0.25) is 5.32 Å². The number of nitrogens with one attached hydrogen (secondary N) is 1. The summed E-state index contributed by atoms with van der Waals surface area (Å²) in [5.41, 5.74) is 3.28. The first kappa shape index (κ1) is 25.2. The largest absolute Gasteiger partial charge is 0.507 e. The van der Waals surface area contributed by atoms with Gasteiger partial charge in [-0.1, -0.05) is 88.9 Å². The number of phenols is 2. The highest BCUT2D eigenvalue weighted by Gasteiger charge is 2.23. The van der Waals surface area contributed by atoms with Crippen molar-refractivity contribution in [2.24, 2.45) is 0 Å². The molecule has 0 fully saturated rings. The van der Waals surface area contributed by atoms with Crippen molar-refractivity contribution in [2.45, 2.75) is 64.9 Å². The van der Waals surface area contributed by atoms with E-state index in [-0.39, 0.29) is 23.5 Å². The number of carbonyl (C=O) groups is 1. The van der Waals surface area contributed by atoms with Crippen LogP contribution < -0.4 is 5.32 Å². The molecule has 3 N–H and O–H groups in total. The molecule has 5 heteroatoms. The summed E-state index contributed by atoms with van der Waals surface area (Å²) in [5.74, 6) is 0.0826. The fourth-order valence-electron chi connectivity index (χ4n) is 4.03. The molecule has 0 atom stereocenters. The third-order valence-electron chi connectivity index (χ3n) is 6.17. The normalized spacial score (nSPS) is 11.3. The first-order valence-corrected chi connectivity index (χ1v) is 11.9. The Balaban J connectivity index is 1.66. The van der Waals surface area contributed by atoms with Crippen LogP contribution in [0.25, 0.3) is 11.1 Å². The molecular formula is C29H35NO4. The van der Waals surface area contributed by atoms with Crippen LogP contribution >= 0.6 is 0 Å². The van der Waals surface area contributed by atoms with Crippen molar-refractivity contribution in [3.8, 4) is 22.6 Å². The summed E-state index contributed by atoms with van der Waals surface area (Å²) in [5, 5.41) is 24.2. The zero-order valence-corrected chi connectivity index (χ0v) is 20.3. The summed E-state index contributed by atoms with van der Waals surface area (Å²) in [6.45, 7) is 6.67. The average molecular weight is 462 g/mol. The molecule has 180 valence electrons. The fraction of sp³-hybridized carbons (Fsp3) is 0.345. The number of carbonyl (C=O) groups excluding carboxylic acids is 1. The molecule has 1 amide bonds. The van der Waals surface area contributed by atoms with Gasteiger partial charge in [0.05, 0.1) is 5.56 Å². The summed E-state index contributed by atoms with van der Waals surface area (Å²) in [6.07, 6.45) is 5.17. The topological polar surface area (TPSA) is 78.8 Å². The van der Waals surface area contributed by atoms with E-state index in [0.29, 0.717) is 16.8 Å². The van der Waals surface area contributed by atoms with Gasteiger partial charge < -0.3 is 14.9 Å². The van der Waals surface area contributed by atoms with Crippen LogP contribution in [0.2, 0.25) is 0 Å². The van der Waals surface area contributed by atoms with Crippen molar-refractivity contribution in [2.75, 3.05) is 5.32 Å². The number of ether oxygens (including phenoxy) is 1. The van der Waals surface area contributed by atoms with Crippen LogP contribution in [0.5, 0.6) is 11.5 Å². The van der Waals surface area contributed by atoms with E-state index >= 15 is 0 Å². The van der Waals surface area contributed by atoms with Gasteiger partial charge in [0.1, 0.15) is 18.1 Å². The Morgan fingerprint density at radius 3 is 2.18 bits per heavy atom. The van der Waals surface area contributed by atoms with E-state index in [2.05, 4.69) is 26.1 Å². The van der Waals surface area contributed by atoms with Crippen LogP contribution in [0.4, 0.5) is 10.5 Å². The van der Waals surface area contributed by atoms with Crippen molar-refractivity contribution in [3.05, 3.63) is 77.9 Å². The van der Waals surface area contributed by atoms with Crippen LogP contribution in [-0.4, -0.2) is 16.3 Å². The van der Waals surface area contributed by atoms with Crippen LogP contribution in [0, 0.1) is 0 Å². The van der Waals surface area contributed by atoms with Gasteiger partial charge in [-0.2, -0.15) is 0 Å². The zero-order valence-electron chi connectivity index (χ0n) is 20.3. The first-order chi connectivity index (χ1) is 16.3. The second kappa shape index (κ2) is 11.6. The minimum Gasteiger partial charge on any atom is -0.507 e. The molecule has 34 heavy (non-hydrogen) atoms. The molecule has 0 unspecified atom stereocenters. The lowest BCUT2D eigenvalue weighted by Gasteiger charge is -2.26. The second-order valence-electron chi connectivity index (χ2n) is 9.35. The number of phenolic OH excluding ortho intramolecular Hbond substituents is 2. The van der Waals surface area contributed by atoms with Crippen LogP contribution in [0.3, 0.4) is 0 Å². The van der Waals surface area contributed by atoms with Crippen molar-refractivity contribution in [3.63, 3.8) is 0 Å². The minimum absolute atomic E-state index is 0.0413. The number of anilines is 1. The monoisotopic (exact) mass is 461 g/mol. The lowest BCUT2D eigenvalue weighted by Crippen LogP contribution is -2.17. The lowest BCUT2D eigenvalue weighted by molar-refractivity contribution is 0.155. The van der Waals surface area contributed by atoms with Gasteiger partial charge in [0, 0.05) is 5.69 Å². The number of aromatic hydroxyl groups is 2. The highest BCUT2D eigenvalue weighted by molar-refractivity contribution is 5.86. The van der Waals surface area contributed by atoms with E-state index in [9.17, 15) is 15.0 Å². The molecule has 3 rings (SSSR count). The Morgan fingerprint density at radius 2 is 1.56 bits per heavy atom. The smallest absolute Gasteiger partial charge is 0.411 e. The highest BCUT2D eigenvalue weighted by Crippen LogP contribution is 2.42. The van der Waals surface area contributed by atoms with Gasteiger partial charge >= 0.3 is 6.09 Å². The summed E-state index contributed by atoms with van der Waals surface area (Å²) < 4.78 is 5.24. The number of benzene rings is 3. The molecule has 5 nitrogen and oxygen atoms in total. The second-order valence-corrected chi connectivity index (χ2v) is 9.35. The van der Waals surface area contributed by atoms with Crippen LogP contribution in [-0.2, 0) is 16.8 Å². The van der Waals surface area contributed by atoms with Gasteiger partial charge in [0.25, 0.3) is 0 Å². The van der Waals surface area contributed by atoms with Crippen molar-refractivity contribution in [1.29, 1.82) is 0 Å². The standard InChI is InChI=1S/C29H35NO4/c1-4-5-6-10-17-29(2,3)23-18-25(31)27(26(32)19-23)22-13-15-24(16-14-22)30-28(33)34-20-21-11-8-7-9-12-21/h7-9,11-16,18-19,31-32H,4-6,10,17,20H2,1-3H3,(H,30,33). The molecule has 0 bridgehead atoms. The fourth-order valence-corrected chi connectivity index (χ4v) is 4.03. The van der Waals surface area contributed by atoms with Crippen LogP contribution in [0.1, 0.15) is 64.0 Å². The Morgan fingerprint density at radius 1 is 0.912 bits per heavy atom. The van der Waals surface area contributed by atoms with E-state index in [1.165, 1.54) is 19.3 Å². The number of amides is 1. The van der Waals surface area contributed by atoms with E-state index in [0.717, 1.165) is 24.0 Å². The molecule has 0 aliphatic heterocycles. The van der Waals surface area contributed by atoms with E-state index < -0.39 is 6.09 Å². The molecule has 3 aromatic rings. The molecule has 0 radical (unpaired) electrons. The zero-order chi connectivity index (χ0) is 24.6. The lowest BCUT2D eigenvalue weighted by atomic mass is 9.79. The Kier molecular flexibility index (Phi) is 8.58. The van der Waals surface area contributed by atoms with Gasteiger partial charge in [0.15, 0.2) is 0 Å². The molecule has 0 heterocycles. The Labute approximate surface area is 202 Å². The third kappa shape index (κ3) is 6.77. The van der Waals surface area contributed by atoms with E-state index in [1.54, 1.807) is 36.4 Å². The van der Waals surface area contributed by atoms with Gasteiger partial charge in [0.2, 0.25) is 0 Å². The molecule has 0 saturated carbocycles. The van der Waals surface area contributed by atoms with Gasteiger partial charge in [-0.15, -0.1) is 0 Å². The molecule has 0 aliphatic rings. The summed E-state index contributed by atoms with van der Waals surface area (Å²) in [6, 6.07) is 19.9. The van der Waals surface area contributed by atoms with Crippen molar-refractivity contribution < 1.29 is 19.7 Å². The summed E-state index contributed by atoms with van der Waals surface area (Å²) >= 11 is 0. The first-order valence-electron chi connectivity index (χ1n) is 11.9. The molecule has 3 aromatic carbocycles. The van der Waals surface area contributed by atoms with E-state index in [4.69, 9.17) is 4.74 Å². The molecule has 0 aliphatic carbocycles. The van der Waals surface area contributed by atoms with E-state index in [1.807, 2.05) is 30.3 Å². The SMILES string of the molecule is CCCCCCC(C)(C)c1cc(O)c(-c2ccc(NC(=O)OCc3ccccc3)cc2)c(O)c1. The number of hydrogen-bond acceptors (Lipinski definition) is 4. The highest BCUT2D eigenvalue weighted by atomic mass is 16.5. The number of unbranched alkanes of at least 4 members (excludes halogenated alkanes) is 3. The maximum atomic E-state index is 12.1. The quantitative estimate of drug-likeness (QED) is 0.270. The number of hydrogen-bond donors (Lipinski definition) is 3. The van der Waals surface area contributed by atoms with Crippen molar-refractivity contribution in [1.82, 2.24) is 0 Å². The summed E-state index contributed by atoms with van der Waals surface area (Å²) in [7, 11) is 0. The minimum atomic E-state index is -0.548. The van der Waals surface area contributed by atoms with Crippen molar-refractivity contribution >= 4 is 11.8 Å². The summed E-state index contributed by atoms with van der Waals surface area (Å²) in [4.78, 5) is 12.1. The Hall–Kier alpha value is -3.47. The maximum Gasteiger partial charge on any atom is 0.411 e. The molecule has 0 spiro atoms. The number of rotatable bonds is 10. The van der Waals surface area contributed by atoms with Gasteiger partial charge in [-0.25, -0.2) is 4.79 Å². The van der Waals surface area contributed by atoms with Gasteiger partial charge in [-0.05, 0) is 52.8 Å². The maximum absolute atomic E-state index is 12.1. The molecular weight excluding hydrogens is 426 g/mol. The predicted octanol–water partition coefficient (Wildman–Crippen LogP) is 7.76. The van der Waals surface area contributed by atoms with Crippen LogP contribution in [0.15, 0.2) is 66.7 Å². The Bertz CT molecular complexity index is 1050.